The number of hydrogen-bond donors (Lipinski definition) is 1. The first-order valence-electron chi connectivity index (χ1n) is 6.50. The summed E-state index contributed by atoms with van der Waals surface area (Å²) in [5, 5.41) is 4.02. The molecule has 1 N–H and O–H groups in total. The number of methoxy groups -OCH3 is 2. The second-order valence-electron chi connectivity index (χ2n) is 4.75. The Morgan fingerprint density at radius 1 is 1.26 bits per heavy atom. The fourth-order valence-corrected chi connectivity index (χ4v) is 2.78. The molecule has 2 rings (SSSR count). The third kappa shape index (κ3) is 3.14. The Kier molecular flexibility index (Phi) is 4.91. The molecular weight excluding hydrogens is 264 g/mol. The van der Waals surface area contributed by atoms with Crippen molar-refractivity contribution in [2.45, 2.75) is 13.5 Å². The maximum absolute atomic E-state index is 6.47. The zero-order valence-electron chi connectivity index (χ0n) is 11.8. The van der Waals surface area contributed by atoms with Crippen LogP contribution in [0.2, 0.25) is 5.02 Å². The highest BCUT2D eigenvalue weighted by Gasteiger charge is 2.19. The first kappa shape index (κ1) is 14.4. The zero-order chi connectivity index (χ0) is 13.8. The molecule has 19 heavy (non-hydrogen) atoms. The van der Waals surface area contributed by atoms with Crippen molar-refractivity contribution in [2.24, 2.45) is 0 Å². The summed E-state index contributed by atoms with van der Waals surface area (Å²) < 4.78 is 10.7. The molecule has 5 heteroatoms. The van der Waals surface area contributed by atoms with E-state index in [1.54, 1.807) is 14.2 Å². The van der Waals surface area contributed by atoms with Crippen molar-refractivity contribution in [1.29, 1.82) is 0 Å². The van der Waals surface area contributed by atoms with E-state index in [1.165, 1.54) is 0 Å². The maximum Gasteiger partial charge on any atom is 0.179 e. The third-order valence-electron chi connectivity index (χ3n) is 3.53. The van der Waals surface area contributed by atoms with Crippen LogP contribution in [0, 0.1) is 6.92 Å². The molecule has 1 fully saturated rings. The number of nitrogens with one attached hydrogen (secondary N) is 1. The Morgan fingerprint density at radius 2 is 1.95 bits per heavy atom. The molecule has 0 saturated carbocycles. The van der Waals surface area contributed by atoms with E-state index in [0.29, 0.717) is 16.5 Å². The van der Waals surface area contributed by atoms with Crippen LogP contribution in [0.4, 0.5) is 0 Å². The summed E-state index contributed by atoms with van der Waals surface area (Å²) in [6, 6.07) is 1.99. The van der Waals surface area contributed by atoms with Gasteiger partial charge in [0.05, 0.1) is 19.2 Å². The number of aryl methyl sites for hydroxylation is 1. The lowest BCUT2D eigenvalue weighted by Gasteiger charge is -2.28. The summed E-state index contributed by atoms with van der Waals surface area (Å²) >= 11 is 6.47. The van der Waals surface area contributed by atoms with Crippen molar-refractivity contribution in [2.75, 3.05) is 40.4 Å². The van der Waals surface area contributed by atoms with Gasteiger partial charge in [-0.05, 0) is 24.1 Å². The Morgan fingerprint density at radius 3 is 2.53 bits per heavy atom. The molecule has 1 heterocycles. The van der Waals surface area contributed by atoms with Gasteiger partial charge in [-0.1, -0.05) is 11.6 Å². The van der Waals surface area contributed by atoms with E-state index in [-0.39, 0.29) is 0 Å². The van der Waals surface area contributed by atoms with Crippen molar-refractivity contribution >= 4 is 11.6 Å². The van der Waals surface area contributed by atoms with Crippen LogP contribution in [0.25, 0.3) is 0 Å². The average Bonchev–Trinajstić information content (AvgIpc) is 2.44. The maximum atomic E-state index is 6.47. The topological polar surface area (TPSA) is 33.7 Å². The van der Waals surface area contributed by atoms with Crippen LogP contribution in [0.15, 0.2) is 6.07 Å². The third-order valence-corrected chi connectivity index (χ3v) is 3.93. The average molecular weight is 285 g/mol. The molecule has 0 atom stereocenters. The Hall–Kier alpha value is -0.970. The molecule has 106 valence electrons. The number of hydrogen-bond acceptors (Lipinski definition) is 4. The molecule has 1 aromatic carbocycles. The van der Waals surface area contributed by atoms with Crippen molar-refractivity contribution in [3.05, 3.63) is 22.2 Å². The molecule has 4 nitrogen and oxygen atoms in total. The first-order valence-corrected chi connectivity index (χ1v) is 6.88. The molecule has 1 aromatic rings. The molecule has 0 aromatic heterocycles. The van der Waals surface area contributed by atoms with Crippen LogP contribution in [-0.4, -0.2) is 45.3 Å². The molecule has 1 aliphatic heterocycles. The quantitative estimate of drug-likeness (QED) is 0.918. The molecule has 0 bridgehead atoms. The number of ether oxygens (including phenoxy) is 2. The van der Waals surface area contributed by atoms with Crippen molar-refractivity contribution in [1.82, 2.24) is 10.2 Å². The van der Waals surface area contributed by atoms with Gasteiger partial charge in [-0.3, -0.25) is 4.90 Å². The second-order valence-corrected chi connectivity index (χ2v) is 5.13. The Labute approximate surface area is 119 Å². The minimum absolute atomic E-state index is 0.625. The van der Waals surface area contributed by atoms with Crippen LogP contribution in [0.5, 0.6) is 11.5 Å². The molecule has 0 amide bonds. The van der Waals surface area contributed by atoms with Crippen LogP contribution in [-0.2, 0) is 6.54 Å². The predicted octanol–water partition coefficient (Wildman–Crippen LogP) is 2.07. The normalized spacial score (nSPS) is 16.4. The molecule has 0 spiro atoms. The zero-order valence-corrected chi connectivity index (χ0v) is 12.5. The fourth-order valence-electron chi connectivity index (χ4n) is 2.40. The van der Waals surface area contributed by atoms with Gasteiger partial charge in [-0.15, -0.1) is 0 Å². The lowest BCUT2D eigenvalue weighted by atomic mass is 10.1. The van der Waals surface area contributed by atoms with Crippen LogP contribution in [0.1, 0.15) is 11.1 Å². The lowest BCUT2D eigenvalue weighted by molar-refractivity contribution is 0.232. The number of rotatable bonds is 4. The molecule has 0 unspecified atom stereocenters. The number of halogens is 1. The van der Waals surface area contributed by atoms with E-state index >= 15 is 0 Å². The van der Waals surface area contributed by atoms with Gasteiger partial charge < -0.3 is 14.8 Å². The van der Waals surface area contributed by atoms with Crippen molar-refractivity contribution in [3.8, 4) is 11.5 Å². The fraction of sp³-hybridized carbons (Fsp3) is 0.571. The summed E-state index contributed by atoms with van der Waals surface area (Å²) in [7, 11) is 3.25. The number of piperazine rings is 1. The summed E-state index contributed by atoms with van der Waals surface area (Å²) in [5.41, 5.74) is 2.27. The van der Waals surface area contributed by atoms with Crippen molar-refractivity contribution < 1.29 is 9.47 Å². The monoisotopic (exact) mass is 284 g/mol. The highest BCUT2D eigenvalue weighted by Crippen LogP contribution is 2.39. The first-order chi connectivity index (χ1) is 9.17. The van der Waals surface area contributed by atoms with E-state index in [1.807, 2.05) is 6.07 Å². The van der Waals surface area contributed by atoms with Gasteiger partial charge in [0.15, 0.2) is 11.5 Å². The van der Waals surface area contributed by atoms with Crippen LogP contribution in [0.3, 0.4) is 0 Å². The summed E-state index contributed by atoms with van der Waals surface area (Å²) in [5.74, 6) is 1.31. The van der Waals surface area contributed by atoms with E-state index in [4.69, 9.17) is 21.1 Å². The summed E-state index contributed by atoms with van der Waals surface area (Å²) in [6.45, 7) is 7.07. The lowest BCUT2D eigenvalue weighted by Crippen LogP contribution is -2.43. The van der Waals surface area contributed by atoms with Gasteiger partial charge in [-0.2, -0.15) is 0 Å². The highest BCUT2D eigenvalue weighted by atomic mass is 35.5. The minimum Gasteiger partial charge on any atom is -0.493 e. The molecular formula is C14H21ClN2O2. The number of benzene rings is 1. The SMILES string of the molecule is COc1cc(C)c(CN2CCNCC2)c(Cl)c1OC. The minimum atomic E-state index is 0.625. The van der Waals surface area contributed by atoms with E-state index < -0.39 is 0 Å². The molecule has 1 aliphatic rings. The highest BCUT2D eigenvalue weighted by molar-refractivity contribution is 6.33. The van der Waals surface area contributed by atoms with Gasteiger partial charge in [0.2, 0.25) is 0 Å². The standard InChI is InChI=1S/C14H21ClN2O2/c1-10-8-12(18-2)14(19-3)13(15)11(10)9-17-6-4-16-5-7-17/h8,16H,4-7,9H2,1-3H3. The van der Waals surface area contributed by atoms with E-state index in [9.17, 15) is 0 Å². The number of nitrogens with zero attached hydrogens (tertiary/aromatic N) is 1. The molecule has 0 aliphatic carbocycles. The van der Waals surface area contributed by atoms with E-state index in [0.717, 1.165) is 43.9 Å². The van der Waals surface area contributed by atoms with Gasteiger partial charge >= 0.3 is 0 Å². The van der Waals surface area contributed by atoms with Gasteiger partial charge in [0.25, 0.3) is 0 Å². The van der Waals surface area contributed by atoms with Crippen molar-refractivity contribution in [3.63, 3.8) is 0 Å². The Bertz CT molecular complexity index is 446. The van der Waals surface area contributed by atoms with Gasteiger partial charge in [0.1, 0.15) is 0 Å². The molecule has 0 radical (unpaired) electrons. The predicted molar refractivity (Wildman–Crippen MR) is 77.4 cm³/mol. The summed E-state index contributed by atoms with van der Waals surface area (Å²) in [4.78, 5) is 2.40. The van der Waals surface area contributed by atoms with Crippen LogP contribution < -0.4 is 14.8 Å². The smallest absolute Gasteiger partial charge is 0.179 e. The Balaban J connectivity index is 2.28. The second kappa shape index (κ2) is 6.46. The van der Waals surface area contributed by atoms with Gasteiger partial charge in [0, 0.05) is 32.7 Å². The summed E-state index contributed by atoms with van der Waals surface area (Å²) in [6.07, 6.45) is 0. The molecule has 1 saturated heterocycles. The largest absolute Gasteiger partial charge is 0.493 e. The van der Waals surface area contributed by atoms with E-state index in [2.05, 4.69) is 17.1 Å². The van der Waals surface area contributed by atoms with Crippen LogP contribution >= 0.6 is 11.6 Å². The van der Waals surface area contributed by atoms with Gasteiger partial charge in [-0.25, -0.2) is 0 Å².